The van der Waals surface area contributed by atoms with Gasteiger partial charge in [-0.1, -0.05) is 54.1 Å². The smallest absolute Gasteiger partial charge is 0.0476 e. The average molecular weight is 217 g/mol. The van der Waals surface area contributed by atoms with Crippen LogP contribution in [0.1, 0.15) is 18.4 Å². The van der Waals surface area contributed by atoms with Crippen molar-refractivity contribution in [1.82, 2.24) is 0 Å². The van der Waals surface area contributed by atoms with Crippen LogP contribution in [0.4, 0.5) is 0 Å². The van der Waals surface area contributed by atoms with E-state index in [2.05, 4.69) is 24.3 Å². The summed E-state index contributed by atoms with van der Waals surface area (Å²) >= 11 is 6.45. The third-order valence-corrected chi connectivity index (χ3v) is 3.87. The Morgan fingerprint density at radius 3 is 2.53 bits per heavy atom. The third kappa shape index (κ3) is 1.53. The predicted octanol–water partition coefficient (Wildman–Crippen LogP) is 4.23. The monoisotopic (exact) mass is 216 g/mol. The topological polar surface area (TPSA) is 0 Å². The van der Waals surface area contributed by atoms with Crippen molar-refractivity contribution in [3.8, 4) is 0 Å². The van der Waals surface area contributed by atoms with Gasteiger partial charge in [0.1, 0.15) is 0 Å². The summed E-state index contributed by atoms with van der Waals surface area (Å²) in [7, 11) is 0. The van der Waals surface area contributed by atoms with Gasteiger partial charge in [0.25, 0.3) is 0 Å². The first-order valence-corrected chi connectivity index (χ1v) is 5.84. The fourth-order valence-electron chi connectivity index (χ4n) is 2.64. The van der Waals surface area contributed by atoms with Gasteiger partial charge >= 0.3 is 0 Å². The van der Waals surface area contributed by atoms with Crippen molar-refractivity contribution in [2.75, 3.05) is 0 Å². The normalized spacial score (nSPS) is 31.0. The number of hydrogen-bond donors (Lipinski definition) is 0. The maximum atomic E-state index is 6.45. The highest BCUT2D eigenvalue weighted by Gasteiger charge is 2.32. The lowest BCUT2D eigenvalue weighted by atomic mass is 9.98. The molecule has 1 aromatic carbocycles. The van der Waals surface area contributed by atoms with Gasteiger partial charge in [0.15, 0.2) is 0 Å². The fourth-order valence-corrected chi connectivity index (χ4v) is 2.98. The molecule has 1 aromatic rings. The van der Waals surface area contributed by atoms with Gasteiger partial charge in [-0.25, -0.2) is 0 Å². The lowest BCUT2D eigenvalue weighted by Gasteiger charge is -2.11. The van der Waals surface area contributed by atoms with Gasteiger partial charge in [-0.15, -0.1) is 0 Å². The second-order valence-corrected chi connectivity index (χ2v) is 4.77. The molecule has 2 unspecified atom stereocenters. The summed E-state index contributed by atoms with van der Waals surface area (Å²) in [5.74, 6) is 1.37. The average Bonchev–Trinajstić information content (AvgIpc) is 2.91. The minimum Gasteiger partial charge on any atom is -0.0845 e. The quantitative estimate of drug-likeness (QED) is 0.617. The van der Waals surface area contributed by atoms with Crippen molar-refractivity contribution in [1.29, 1.82) is 0 Å². The highest BCUT2D eigenvalue weighted by atomic mass is 35.5. The summed E-state index contributed by atoms with van der Waals surface area (Å²) in [5, 5.41) is 0.979. The standard InChI is InChI=1S/C14H13Cl/c15-14(11-4-2-1-3-5-11)13-9-10-6-7-12(13)8-10/h1-7,10,12H,8-9H2/b14-13+. The van der Waals surface area contributed by atoms with Gasteiger partial charge in [-0.05, 0) is 29.9 Å². The predicted molar refractivity (Wildman–Crippen MR) is 64.6 cm³/mol. The minimum atomic E-state index is 0.614. The Morgan fingerprint density at radius 2 is 1.93 bits per heavy atom. The van der Waals surface area contributed by atoms with Crippen LogP contribution in [0.25, 0.3) is 5.03 Å². The molecule has 1 saturated carbocycles. The van der Waals surface area contributed by atoms with E-state index in [1.54, 1.807) is 0 Å². The molecule has 76 valence electrons. The van der Waals surface area contributed by atoms with E-state index in [0.29, 0.717) is 5.92 Å². The summed E-state index contributed by atoms with van der Waals surface area (Å²) in [5.41, 5.74) is 2.60. The number of allylic oxidation sites excluding steroid dienone is 3. The molecule has 2 aliphatic carbocycles. The fraction of sp³-hybridized carbons (Fsp3) is 0.286. The molecule has 2 atom stereocenters. The molecule has 2 aliphatic rings. The highest BCUT2D eigenvalue weighted by Crippen LogP contribution is 2.46. The molecule has 1 fully saturated rings. The first-order chi connectivity index (χ1) is 7.34. The summed E-state index contributed by atoms with van der Waals surface area (Å²) in [4.78, 5) is 0. The van der Waals surface area contributed by atoms with Crippen molar-refractivity contribution in [3.05, 3.63) is 53.6 Å². The molecule has 0 N–H and O–H groups in total. The van der Waals surface area contributed by atoms with Crippen LogP contribution in [0, 0.1) is 11.8 Å². The molecule has 0 spiro atoms. The Morgan fingerprint density at radius 1 is 1.13 bits per heavy atom. The molecule has 0 aliphatic heterocycles. The van der Waals surface area contributed by atoms with Crippen LogP contribution in [0.5, 0.6) is 0 Å². The van der Waals surface area contributed by atoms with Crippen LogP contribution in [0.2, 0.25) is 0 Å². The first kappa shape index (κ1) is 9.23. The van der Waals surface area contributed by atoms with E-state index < -0.39 is 0 Å². The zero-order valence-corrected chi connectivity index (χ0v) is 9.24. The minimum absolute atomic E-state index is 0.614. The highest BCUT2D eigenvalue weighted by molar-refractivity contribution is 6.49. The summed E-state index contributed by atoms with van der Waals surface area (Å²) < 4.78 is 0. The number of hydrogen-bond acceptors (Lipinski definition) is 0. The van der Waals surface area contributed by atoms with Gasteiger partial charge in [0.2, 0.25) is 0 Å². The van der Waals surface area contributed by atoms with Gasteiger partial charge in [0.05, 0.1) is 0 Å². The van der Waals surface area contributed by atoms with E-state index in [1.807, 2.05) is 18.2 Å². The SMILES string of the molecule is Cl/C(=C1\CC2C=CC1C2)c1ccccc1. The lowest BCUT2D eigenvalue weighted by Crippen LogP contribution is -1.94. The molecule has 2 bridgehead atoms. The second-order valence-electron chi connectivity index (χ2n) is 4.40. The molecule has 0 amide bonds. The summed E-state index contributed by atoms with van der Waals surface area (Å²) in [6.45, 7) is 0. The molecule has 0 saturated heterocycles. The number of halogens is 1. The van der Waals surface area contributed by atoms with Crippen molar-refractivity contribution in [2.45, 2.75) is 12.8 Å². The summed E-state index contributed by atoms with van der Waals surface area (Å²) in [6, 6.07) is 10.3. The van der Waals surface area contributed by atoms with E-state index in [4.69, 9.17) is 11.6 Å². The molecule has 0 aromatic heterocycles. The Kier molecular flexibility index (Phi) is 2.17. The van der Waals surface area contributed by atoms with Gasteiger partial charge in [-0.3, -0.25) is 0 Å². The molecule has 3 rings (SSSR count). The maximum absolute atomic E-state index is 6.45. The van der Waals surface area contributed by atoms with Crippen molar-refractivity contribution in [3.63, 3.8) is 0 Å². The Hall–Kier alpha value is -1.01. The molecular formula is C14H13Cl. The Bertz CT molecular complexity index is 428. The zero-order valence-electron chi connectivity index (χ0n) is 8.49. The van der Waals surface area contributed by atoms with Gasteiger partial charge in [-0.2, -0.15) is 0 Å². The Labute approximate surface area is 95.3 Å². The van der Waals surface area contributed by atoms with Crippen molar-refractivity contribution >= 4 is 16.6 Å². The van der Waals surface area contributed by atoms with Gasteiger partial charge in [0, 0.05) is 11.0 Å². The second kappa shape index (κ2) is 3.53. The number of benzene rings is 1. The van der Waals surface area contributed by atoms with E-state index in [0.717, 1.165) is 22.9 Å². The van der Waals surface area contributed by atoms with E-state index in [9.17, 15) is 0 Å². The summed E-state index contributed by atoms with van der Waals surface area (Å²) in [6.07, 6.45) is 7.09. The molecule has 0 heterocycles. The number of fused-ring (bicyclic) bond motifs is 2. The maximum Gasteiger partial charge on any atom is 0.0476 e. The van der Waals surface area contributed by atoms with Crippen LogP contribution < -0.4 is 0 Å². The molecule has 1 heteroatoms. The molecular weight excluding hydrogens is 204 g/mol. The molecule has 0 radical (unpaired) electrons. The van der Waals surface area contributed by atoms with Gasteiger partial charge < -0.3 is 0 Å². The van der Waals surface area contributed by atoms with Crippen LogP contribution in [-0.2, 0) is 0 Å². The molecule has 15 heavy (non-hydrogen) atoms. The van der Waals surface area contributed by atoms with Crippen molar-refractivity contribution < 1.29 is 0 Å². The van der Waals surface area contributed by atoms with E-state index in [1.165, 1.54) is 12.0 Å². The van der Waals surface area contributed by atoms with Crippen LogP contribution in [0.3, 0.4) is 0 Å². The zero-order chi connectivity index (χ0) is 10.3. The number of rotatable bonds is 1. The van der Waals surface area contributed by atoms with Crippen LogP contribution in [0.15, 0.2) is 48.1 Å². The van der Waals surface area contributed by atoms with E-state index in [-0.39, 0.29) is 0 Å². The lowest BCUT2D eigenvalue weighted by molar-refractivity contribution is 0.693. The van der Waals surface area contributed by atoms with Crippen molar-refractivity contribution in [2.24, 2.45) is 11.8 Å². The molecule has 0 nitrogen and oxygen atoms in total. The third-order valence-electron chi connectivity index (χ3n) is 3.41. The first-order valence-electron chi connectivity index (χ1n) is 5.47. The van der Waals surface area contributed by atoms with Crippen LogP contribution >= 0.6 is 11.6 Å². The Balaban J connectivity index is 2.01. The largest absolute Gasteiger partial charge is 0.0845 e. The van der Waals surface area contributed by atoms with Crippen LogP contribution in [-0.4, -0.2) is 0 Å². The van der Waals surface area contributed by atoms with E-state index >= 15 is 0 Å².